The lowest BCUT2D eigenvalue weighted by Crippen LogP contribution is -2.16. The molecule has 19 heavy (non-hydrogen) atoms. The van der Waals surface area contributed by atoms with E-state index in [0.29, 0.717) is 17.3 Å². The van der Waals surface area contributed by atoms with Gasteiger partial charge in [0.2, 0.25) is 0 Å². The van der Waals surface area contributed by atoms with Crippen LogP contribution in [0.4, 0.5) is 5.82 Å². The van der Waals surface area contributed by atoms with E-state index in [0.717, 1.165) is 0 Å². The fourth-order valence-electron chi connectivity index (χ4n) is 1.54. The van der Waals surface area contributed by atoms with Crippen molar-refractivity contribution in [2.24, 2.45) is 0 Å². The first-order valence-electron chi connectivity index (χ1n) is 5.86. The third kappa shape index (κ3) is 3.04. The lowest BCUT2D eigenvalue weighted by Gasteiger charge is -2.12. The summed E-state index contributed by atoms with van der Waals surface area (Å²) >= 11 is 0. The third-order valence-corrected chi connectivity index (χ3v) is 2.34. The Bertz CT molecular complexity index is 584. The minimum atomic E-state index is -1.06. The summed E-state index contributed by atoms with van der Waals surface area (Å²) < 4.78 is 0. The summed E-state index contributed by atoms with van der Waals surface area (Å²) in [6.45, 7) is 3.82. The zero-order valence-electron chi connectivity index (χ0n) is 10.7. The quantitative estimate of drug-likeness (QED) is 0.872. The number of rotatable bonds is 4. The average molecular weight is 258 g/mol. The summed E-state index contributed by atoms with van der Waals surface area (Å²) in [5.74, 6) is -0.359. The van der Waals surface area contributed by atoms with Crippen LogP contribution in [0.5, 0.6) is 0 Å². The van der Waals surface area contributed by atoms with Gasteiger partial charge in [0.05, 0.1) is 0 Å². The van der Waals surface area contributed by atoms with E-state index in [2.05, 4.69) is 20.3 Å². The predicted molar refractivity (Wildman–Crippen MR) is 71.0 cm³/mol. The van der Waals surface area contributed by atoms with Crippen LogP contribution in [-0.4, -0.2) is 32.1 Å². The first-order valence-corrected chi connectivity index (χ1v) is 5.86. The van der Waals surface area contributed by atoms with Crippen LogP contribution in [0.3, 0.4) is 0 Å². The van der Waals surface area contributed by atoms with Crippen LogP contribution in [0.25, 0.3) is 11.5 Å². The molecule has 2 rings (SSSR count). The van der Waals surface area contributed by atoms with Gasteiger partial charge in [-0.25, -0.2) is 14.8 Å². The number of nitrogens with zero attached hydrogens (tertiary/aromatic N) is 3. The van der Waals surface area contributed by atoms with Crippen LogP contribution >= 0.6 is 0 Å². The fraction of sp³-hybridized carbons (Fsp3) is 0.231. The zero-order valence-corrected chi connectivity index (χ0v) is 10.7. The second-order valence-electron chi connectivity index (χ2n) is 4.28. The summed E-state index contributed by atoms with van der Waals surface area (Å²) in [6.07, 6.45) is 2.93. The number of hydrogen-bond donors (Lipinski definition) is 2. The van der Waals surface area contributed by atoms with Gasteiger partial charge in [0, 0.05) is 18.4 Å². The van der Waals surface area contributed by atoms with Crippen molar-refractivity contribution >= 4 is 11.8 Å². The molecule has 0 radical (unpaired) electrons. The molecule has 0 aliphatic carbocycles. The molecule has 2 aromatic rings. The Morgan fingerprint density at radius 3 is 2.68 bits per heavy atom. The topological polar surface area (TPSA) is 88.0 Å². The molecule has 6 nitrogen and oxygen atoms in total. The highest BCUT2D eigenvalue weighted by molar-refractivity contribution is 5.93. The molecule has 0 aliphatic heterocycles. The Morgan fingerprint density at radius 1 is 1.32 bits per heavy atom. The van der Waals surface area contributed by atoms with Crippen LogP contribution < -0.4 is 5.32 Å². The summed E-state index contributed by atoms with van der Waals surface area (Å²) in [5.41, 5.74) is 0.652. The smallest absolute Gasteiger partial charge is 0.341 e. The average Bonchev–Trinajstić information content (AvgIpc) is 2.38. The Balaban J connectivity index is 2.46. The molecule has 0 fully saturated rings. The molecule has 0 saturated heterocycles. The van der Waals surface area contributed by atoms with Crippen molar-refractivity contribution in [2.45, 2.75) is 19.9 Å². The second kappa shape index (κ2) is 5.43. The molecule has 2 N–H and O–H groups in total. The van der Waals surface area contributed by atoms with Gasteiger partial charge in [0.25, 0.3) is 0 Å². The summed E-state index contributed by atoms with van der Waals surface area (Å²) in [6, 6.07) is 5.47. The number of nitrogens with one attached hydrogen (secondary N) is 1. The molecule has 0 bridgehead atoms. The second-order valence-corrected chi connectivity index (χ2v) is 4.28. The molecule has 0 aliphatic rings. The van der Waals surface area contributed by atoms with E-state index in [1.54, 1.807) is 18.3 Å². The third-order valence-electron chi connectivity index (χ3n) is 2.34. The molecule has 0 aromatic carbocycles. The minimum Gasteiger partial charge on any atom is -0.477 e. The standard InChI is InChI=1S/C13H14N4O2/c1-8(2)16-11-9(13(18)19)7-15-12(17-11)10-5-3-4-6-14-10/h3-8H,1-2H3,(H,18,19)(H,15,16,17). The van der Waals surface area contributed by atoms with Crippen molar-refractivity contribution in [1.82, 2.24) is 15.0 Å². The fourth-order valence-corrected chi connectivity index (χ4v) is 1.54. The van der Waals surface area contributed by atoms with Gasteiger partial charge in [-0.2, -0.15) is 0 Å². The van der Waals surface area contributed by atoms with Gasteiger partial charge in [0.15, 0.2) is 5.82 Å². The SMILES string of the molecule is CC(C)Nc1nc(-c2ccccn2)ncc1C(=O)O. The molecule has 0 spiro atoms. The van der Waals surface area contributed by atoms with Crippen molar-refractivity contribution < 1.29 is 9.90 Å². The van der Waals surface area contributed by atoms with Gasteiger partial charge < -0.3 is 10.4 Å². The molecule has 0 atom stereocenters. The number of hydrogen-bond acceptors (Lipinski definition) is 5. The number of pyridine rings is 1. The summed E-state index contributed by atoms with van der Waals surface area (Å²) in [5, 5.41) is 12.1. The molecule has 6 heteroatoms. The van der Waals surface area contributed by atoms with Crippen LogP contribution in [0.2, 0.25) is 0 Å². The van der Waals surface area contributed by atoms with Crippen LogP contribution in [0.15, 0.2) is 30.6 Å². The number of aromatic nitrogens is 3. The molecule has 0 saturated carbocycles. The number of carboxylic acid groups (broad SMARTS) is 1. The Kier molecular flexibility index (Phi) is 3.70. The maximum atomic E-state index is 11.1. The molecule has 0 unspecified atom stereocenters. The number of anilines is 1. The Hall–Kier alpha value is -2.50. The van der Waals surface area contributed by atoms with Gasteiger partial charge in [-0.3, -0.25) is 4.98 Å². The van der Waals surface area contributed by atoms with Crippen LogP contribution in [0.1, 0.15) is 24.2 Å². The van der Waals surface area contributed by atoms with E-state index < -0.39 is 5.97 Å². The predicted octanol–water partition coefficient (Wildman–Crippen LogP) is 2.06. The minimum absolute atomic E-state index is 0.0494. The Labute approximate surface area is 110 Å². The van der Waals surface area contributed by atoms with Gasteiger partial charge in [0.1, 0.15) is 17.1 Å². The van der Waals surface area contributed by atoms with E-state index in [1.807, 2.05) is 19.9 Å². The number of aromatic carboxylic acids is 1. The maximum absolute atomic E-state index is 11.1. The van der Waals surface area contributed by atoms with E-state index in [9.17, 15) is 4.79 Å². The molecule has 98 valence electrons. The van der Waals surface area contributed by atoms with E-state index in [4.69, 9.17) is 5.11 Å². The first kappa shape index (κ1) is 12.9. The van der Waals surface area contributed by atoms with E-state index >= 15 is 0 Å². The van der Waals surface area contributed by atoms with Gasteiger partial charge in [-0.15, -0.1) is 0 Å². The highest BCUT2D eigenvalue weighted by Crippen LogP contribution is 2.18. The van der Waals surface area contributed by atoms with Crippen molar-refractivity contribution in [3.63, 3.8) is 0 Å². The molecular formula is C13H14N4O2. The lowest BCUT2D eigenvalue weighted by atomic mass is 10.2. The summed E-state index contributed by atoms with van der Waals surface area (Å²) in [4.78, 5) is 23.5. The van der Waals surface area contributed by atoms with E-state index in [1.165, 1.54) is 6.20 Å². The highest BCUT2D eigenvalue weighted by Gasteiger charge is 2.15. The zero-order chi connectivity index (χ0) is 13.8. The number of carbonyl (C=O) groups is 1. The van der Waals surface area contributed by atoms with Crippen molar-refractivity contribution in [1.29, 1.82) is 0 Å². The first-order chi connectivity index (χ1) is 9.08. The summed E-state index contributed by atoms with van der Waals surface area (Å²) in [7, 11) is 0. The van der Waals surface area contributed by atoms with Gasteiger partial charge in [-0.05, 0) is 26.0 Å². The van der Waals surface area contributed by atoms with Gasteiger partial charge >= 0.3 is 5.97 Å². The largest absolute Gasteiger partial charge is 0.477 e. The van der Waals surface area contributed by atoms with Crippen LogP contribution in [0, 0.1) is 0 Å². The van der Waals surface area contributed by atoms with Crippen molar-refractivity contribution in [3.05, 3.63) is 36.2 Å². The van der Waals surface area contributed by atoms with Gasteiger partial charge in [-0.1, -0.05) is 6.07 Å². The van der Waals surface area contributed by atoms with Crippen molar-refractivity contribution in [3.8, 4) is 11.5 Å². The lowest BCUT2D eigenvalue weighted by molar-refractivity contribution is 0.0697. The molecular weight excluding hydrogens is 244 g/mol. The Morgan fingerprint density at radius 2 is 2.11 bits per heavy atom. The number of carboxylic acids is 1. The normalized spacial score (nSPS) is 10.5. The molecule has 2 heterocycles. The van der Waals surface area contributed by atoms with Crippen LogP contribution in [-0.2, 0) is 0 Å². The molecule has 0 amide bonds. The molecule has 2 aromatic heterocycles. The maximum Gasteiger partial charge on any atom is 0.341 e. The highest BCUT2D eigenvalue weighted by atomic mass is 16.4. The van der Waals surface area contributed by atoms with Crippen molar-refractivity contribution in [2.75, 3.05) is 5.32 Å². The monoisotopic (exact) mass is 258 g/mol. The van der Waals surface area contributed by atoms with E-state index in [-0.39, 0.29) is 11.6 Å².